The Balaban J connectivity index is 1.49. The number of anilines is 1. The highest BCUT2D eigenvalue weighted by Crippen LogP contribution is 2.25. The molecule has 0 spiro atoms. The van der Waals surface area contributed by atoms with E-state index in [1.165, 1.54) is 17.5 Å². The van der Waals surface area contributed by atoms with Gasteiger partial charge in [-0.15, -0.1) is 0 Å². The van der Waals surface area contributed by atoms with E-state index in [9.17, 15) is 9.59 Å². The van der Waals surface area contributed by atoms with E-state index >= 15 is 0 Å². The van der Waals surface area contributed by atoms with Gasteiger partial charge in [0, 0.05) is 38.1 Å². The van der Waals surface area contributed by atoms with Gasteiger partial charge in [0.25, 0.3) is 11.5 Å². The van der Waals surface area contributed by atoms with Crippen LogP contribution < -0.4 is 10.9 Å². The third kappa shape index (κ3) is 4.03. The Kier molecular flexibility index (Phi) is 5.59. The van der Waals surface area contributed by atoms with Crippen LogP contribution in [0.25, 0.3) is 0 Å². The molecule has 0 radical (unpaired) electrons. The number of pyridine rings is 1. The van der Waals surface area contributed by atoms with Gasteiger partial charge in [0.05, 0.1) is 13.2 Å². The fraction of sp³-hybridized carbons (Fsp3) is 0.455. The molecule has 1 aliphatic heterocycles. The van der Waals surface area contributed by atoms with Crippen molar-refractivity contribution < 1.29 is 9.53 Å². The predicted molar refractivity (Wildman–Crippen MR) is 109 cm³/mol. The number of morpholine rings is 1. The molecule has 148 valence electrons. The molecule has 2 aliphatic rings. The average molecular weight is 381 g/mol. The molecule has 1 aromatic heterocycles. The van der Waals surface area contributed by atoms with Crippen LogP contribution in [-0.4, -0.2) is 48.2 Å². The van der Waals surface area contributed by atoms with E-state index in [0.29, 0.717) is 12.1 Å². The second-order valence-electron chi connectivity index (χ2n) is 7.62. The molecule has 1 aromatic carbocycles. The van der Waals surface area contributed by atoms with Crippen LogP contribution in [0.4, 0.5) is 5.69 Å². The number of carbonyl (C=O) groups excluding carboxylic acids is 1. The minimum absolute atomic E-state index is 0.227. The van der Waals surface area contributed by atoms with Crippen LogP contribution in [0.3, 0.4) is 0 Å². The van der Waals surface area contributed by atoms with Crippen molar-refractivity contribution in [2.24, 2.45) is 0 Å². The molecule has 0 unspecified atom stereocenters. The monoisotopic (exact) mass is 381 g/mol. The van der Waals surface area contributed by atoms with E-state index in [0.717, 1.165) is 51.4 Å². The minimum atomic E-state index is -0.332. The first-order chi connectivity index (χ1) is 13.6. The van der Waals surface area contributed by atoms with Crippen molar-refractivity contribution in [3.8, 4) is 0 Å². The second kappa shape index (κ2) is 8.29. The van der Waals surface area contributed by atoms with Crippen molar-refractivity contribution in [2.75, 3.05) is 38.2 Å². The van der Waals surface area contributed by atoms with Crippen molar-refractivity contribution in [1.29, 1.82) is 0 Å². The van der Waals surface area contributed by atoms with Gasteiger partial charge in [-0.3, -0.25) is 14.5 Å². The summed E-state index contributed by atoms with van der Waals surface area (Å²) < 4.78 is 7.00. The molecule has 28 heavy (non-hydrogen) atoms. The largest absolute Gasteiger partial charge is 0.379 e. The standard InChI is InChI=1S/C22H27N3O3/c1-16-7-8-25(10-9-24-11-13-28-14-12-24)22(27)20(16)21(26)23-19-6-5-17-3-2-4-18(17)15-19/h5-8,15H,2-4,9-14H2,1H3,(H,23,26). The number of amides is 1. The Labute approximate surface area is 165 Å². The third-order valence-electron chi connectivity index (χ3n) is 5.72. The van der Waals surface area contributed by atoms with E-state index in [1.807, 2.05) is 25.1 Å². The fourth-order valence-electron chi connectivity index (χ4n) is 4.03. The summed E-state index contributed by atoms with van der Waals surface area (Å²) in [5.41, 5.74) is 4.11. The van der Waals surface area contributed by atoms with Crippen LogP contribution in [0.15, 0.2) is 35.3 Å². The SMILES string of the molecule is Cc1ccn(CCN2CCOCC2)c(=O)c1C(=O)Nc1ccc2c(c1)CCC2. The normalized spacial score (nSPS) is 16.8. The van der Waals surface area contributed by atoms with Gasteiger partial charge in [0.1, 0.15) is 5.56 Å². The van der Waals surface area contributed by atoms with Crippen LogP contribution in [0, 0.1) is 6.92 Å². The van der Waals surface area contributed by atoms with Crippen molar-refractivity contribution in [3.05, 3.63) is 63.1 Å². The molecule has 1 saturated heterocycles. The van der Waals surface area contributed by atoms with Crippen LogP contribution >= 0.6 is 0 Å². The summed E-state index contributed by atoms with van der Waals surface area (Å²) in [4.78, 5) is 28.1. The first-order valence-corrected chi connectivity index (χ1v) is 10.0. The van der Waals surface area contributed by atoms with Gasteiger partial charge in [0.2, 0.25) is 0 Å². The van der Waals surface area contributed by atoms with Crippen molar-refractivity contribution in [2.45, 2.75) is 32.7 Å². The predicted octanol–water partition coefficient (Wildman–Crippen LogP) is 2.23. The third-order valence-corrected chi connectivity index (χ3v) is 5.72. The molecule has 4 rings (SSSR count). The van der Waals surface area contributed by atoms with Gasteiger partial charge in [-0.25, -0.2) is 0 Å². The molecule has 6 heteroatoms. The lowest BCUT2D eigenvalue weighted by Crippen LogP contribution is -2.40. The Morgan fingerprint density at radius 2 is 1.89 bits per heavy atom. The average Bonchev–Trinajstić information content (AvgIpc) is 3.16. The lowest BCUT2D eigenvalue weighted by atomic mass is 10.1. The number of benzene rings is 1. The molecule has 2 heterocycles. The number of rotatable bonds is 5. The van der Waals surface area contributed by atoms with E-state index in [-0.39, 0.29) is 17.0 Å². The summed E-state index contributed by atoms with van der Waals surface area (Å²) in [6, 6.07) is 7.89. The first-order valence-electron chi connectivity index (χ1n) is 10.0. The molecule has 2 aromatic rings. The van der Waals surface area contributed by atoms with Crippen LogP contribution in [0.5, 0.6) is 0 Å². The maximum absolute atomic E-state index is 12.9. The summed E-state index contributed by atoms with van der Waals surface area (Å²) in [7, 11) is 0. The molecular formula is C22H27N3O3. The zero-order valence-electron chi connectivity index (χ0n) is 16.4. The number of fused-ring (bicyclic) bond motifs is 1. The number of aryl methyl sites for hydroxylation is 3. The quantitative estimate of drug-likeness (QED) is 0.863. The van der Waals surface area contributed by atoms with Gasteiger partial charge in [-0.2, -0.15) is 0 Å². The summed E-state index contributed by atoms with van der Waals surface area (Å²) >= 11 is 0. The minimum Gasteiger partial charge on any atom is -0.379 e. The zero-order chi connectivity index (χ0) is 19.5. The van der Waals surface area contributed by atoms with Crippen LogP contribution in [-0.2, 0) is 24.1 Å². The van der Waals surface area contributed by atoms with Gasteiger partial charge < -0.3 is 14.6 Å². The Hall–Kier alpha value is -2.44. The smallest absolute Gasteiger partial charge is 0.263 e. The van der Waals surface area contributed by atoms with Gasteiger partial charge in [0.15, 0.2) is 0 Å². The molecule has 0 bridgehead atoms. The van der Waals surface area contributed by atoms with E-state index in [4.69, 9.17) is 4.74 Å². The number of aromatic nitrogens is 1. The number of nitrogens with one attached hydrogen (secondary N) is 1. The lowest BCUT2D eigenvalue weighted by molar-refractivity contribution is 0.0363. The number of carbonyl (C=O) groups is 1. The summed E-state index contributed by atoms with van der Waals surface area (Å²) in [5, 5.41) is 2.92. The lowest BCUT2D eigenvalue weighted by Gasteiger charge is -2.26. The highest BCUT2D eigenvalue weighted by molar-refractivity contribution is 6.05. The van der Waals surface area contributed by atoms with Crippen LogP contribution in [0.1, 0.15) is 33.5 Å². The summed E-state index contributed by atoms with van der Waals surface area (Å²) in [5.74, 6) is -0.332. The molecule has 1 amide bonds. The number of hydrogen-bond donors (Lipinski definition) is 1. The van der Waals surface area contributed by atoms with Crippen molar-refractivity contribution in [1.82, 2.24) is 9.47 Å². The van der Waals surface area contributed by atoms with Gasteiger partial charge >= 0.3 is 0 Å². The molecule has 1 N–H and O–H groups in total. The maximum atomic E-state index is 12.9. The second-order valence-corrected chi connectivity index (χ2v) is 7.62. The zero-order valence-corrected chi connectivity index (χ0v) is 16.4. The summed E-state index contributed by atoms with van der Waals surface area (Å²) in [6.07, 6.45) is 5.11. The number of nitrogens with zero attached hydrogens (tertiary/aromatic N) is 2. The molecular weight excluding hydrogens is 354 g/mol. The topological polar surface area (TPSA) is 63.6 Å². The highest BCUT2D eigenvalue weighted by Gasteiger charge is 2.18. The van der Waals surface area contributed by atoms with Crippen molar-refractivity contribution in [3.63, 3.8) is 0 Å². The molecule has 6 nitrogen and oxygen atoms in total. The van der Waals surface area contributed by atoms with Crippen molar-refractivity contribution >= 4 is 11.6 Å². The number of ether oxygens (including phenoxy) is 1. The maximum Gasteiger partial charge on any atom is 0.263 e. The van der Waals surface area contributed by atoms with Gasteiger partial charge in [-0.1, -0.05) is 6.07 Å². The molecule has 1 aliphatic carbocycles. The molecule has 0 saturated carbocycles. The number of hydrogen-bond acceptors (Lipinski definition) is 4. The van der Waals surface area contributed by atoms with Crippen LogP contribution in [0.2, 0.25) is 0 Å². The van der Waals surface area contributed by atoms with Gasteiger partial charge in [-0.05, 0) is 61.1 Å². The summed E-state index contributed by atoms with van der Waals surface area (Å²) in [6.45, 7) is 6.38. The van der Waals surface area contributed by atoms with E-state index in [2.05, 4.69) is 16.3 Å². The highest BCUT2D eigenvalue weighted by atomic mass is 16.5. The molecule has 1 fully saturated rings. The molecule has 0 atom stereocenters. The Morgan fingerprint density at radius 3 is 2.71 bits per heavy atom. The fourth-order valence-corrected chi connectivity index (χ4v) is 4.03. The first kappa shape index (κ1) is 18.9. The van der Waals surface area contributed by atoms with E-state index < -0.39 is 0 Å². The van der Waals surface area contributed by atoms with E-state index in [1.54, 1.807) is 10.8 Å². The Morgan fingerprint density at radius 1 is 1.11 bits per heavy atom. The Bertz CT molecular complexity index is 929.